The van der Waals surface area contributed by atoms with Gasteiger partial charge >= 0.3 is 0 Å². The predicted octanol–water partition coefficient (Wildman–Crippen LogP) is 1.83. The number of nitrogens with one attached hydrogen (secondary N) is 1. The van der Waals surface area contributed by atoms with Crippen molar-refractivity contribution in [3.8, 4) is 0 Å². The molecule has 2 nitrogen and oxygen atoms in total. The molecule has 2 rings (SSSR count). The van der Waals surface area contributed by atoms with Crippen LogP contribution in [0.3, 0.4) is 0 Å². The van der Waals surface area contributed by atoms with Crippen molar-refractivity contribution in [2.45, 2.75) is 6.54 Å². The van der Waals surface area contributed by atoms with Crippen LogP contribution in [0.5, 0.6) is 0 Å². The Morgan fingerprint density at radius 3 is 3.00 bits per heavy atom. The summed E-state index contributed by atoms with van der Waals surface area (Å²) in [5, 5.41) is 2.55. The maximum absolute atomic E-state index is 13.2. The Bertz CT molecular complexity index is 364. The average Bonchev–Trinajstić information content (AvgIpc) is 2.41. The minimum absolute atomic E-state index is 0.198. The van der Waals surface area contributed by atoms with Gasteiger partial charge in [-0.05, 0) is 28.1 Å². The molecule has 0 bridgehead atoms. The first-order valence-electron chi connectivity index (χ1n) is 3.45. The zero-order valence-electron chi connectivity index (χ0n) is 6.03. The quantitative estimate of drug-likeness (QED) is 0.723. The highest BCUT2D eigenvalue weighted by Crippen LogP contribution is 2.25. The molecule has 1 amide bonds. The van der Waals surface area contributed by atoms with E-state index in [1.165, 1.54) is 0 Å². The van der Waals surface area contributed by atoms with Crippen LogP contribution in [0.2, 0.25) is 0 Å². The first-order valence-corrected chi connectivity index (χ1v) is 4.24. The fraction of sp³-hybridized carbons (Fsp3) is 0.125. The molecule has 1 aromatic carbocycles. The van der Waals surface area contributed by atoms with E-state index in [0.29, 0.717) is 22.1 Å². The zero-order chi connectivity index (χ0) is 8.72. The topological polar surface area (TPSA) is 29.1 Å². The maximum Gasteiger partial charge on any atom is 0.252 e. The lowest BCUT2D eigenvalue weighted by molar-refractivity contribution is 0.0966. The lowest BCUT2D eigenvalue weighted by Gasteiger charge is -1.98. The van der Waals surface area contributed by atoms with Crippen LogP contribution in [0.15, 0.2) is 16.6 Å². The lowest BCUT2D eigenvalue weighted by Crippen LogP contribution is -2.12. The molecular weight excluding hydrogens is 225 g/mol. The SMILES string of the molecule is O=C1NCc2c1ccc(Br)c2F. The van der Waals surface area contributed by atoms with Gasteiger partial charge in [0.1, 0.15) is 5.82 Å². The molecule has 0 atom stereocenters. The summed E-state index contributed by atoms with van der Waals surface area (Å²) in [7, 11) is 0. The molecule has 0 saturated heterocycles. The number of carbonyl (C=O) groups is 1. The highest BCUT2D eigenvalue weighted by molar-refractivity contribution is 9.10. The molecule has 62 valence electrons. The van der Waals surface area contributed by atoms with E-state index >= 15 is 0 Å². The maximum atomic E-state index is 13.2. The Hall–Kier alpha value is -0.900. The second kappa shape index (κ2) is 2.55. The number of rotatable bonds is 0. The van der Waals surface area contributed by atoms with Gasteiger partial charge in [0.25, 0.3) is 5.91 Å². The van der Waals surface area contributed by atoms with E-state index in [-0.39, 0.29) is 11.7 Å². The third-order valence-corrected chi connectivity index (χ3v) is 2.48. The molecule has 12 heavy (non-hydrogen) atoms. The van der Waals surface area contributed by atoms with E-state index < -0.39 is 0 Å². The van der Waals surface area contributed by atoms with Crippen molar-refractivity contribution >= 4 is 21.8 Å². The molecule has 1 aromatic rings. The van der Waals surface area contributed by atoms with Crippen molar-refractivity contribution in [3.63, 3.8) is 0 Å². The van der Waals surface area contributed by atoms with Crippen LogP contribution in [0.1, 0.15) is 15.9 Å². The van der Waals surface area contributed by atoms with E-state index in [4.69, 9.17) is 0 Å². The predicted molar refractivity (Wildman–Crippen MR) is 45.3 cm³/mol. The second-order valence-corrected chi connectivity index (χ2v) is 3.42. The van der Waals surface area contributed by atoms with Crippen molar-refractivity contribution in [1.82, 2.24) is 5.32 Å². The number of amides is 1. The minimum atomic E-state index is -0.342. The third-order valence-electron chi connectivity index (χ3n) is 1.87. The Kier molecular flexibility index (Phi) is 1.65. The number of carbonyl (C=O) groups excluding carboxylic acids is 1. The first-order chi connectivity index (χ1) is 5.70. The Morgan fingerprint density at radius 1 is 1.50 bits per heavy atom. The average molecular weight is 230 g/mol. The third kappa shape index (κ3) is 0.948. The van der Waals surface area contributed by atoms with Gasteiger partial charge in [-0.1, -0.05) is 0 Å². The van der Waals surface area contributed by atoms with Gasteiger partial charge < -0.3 is 5.32 Å². The summed E-state index contributed by atoms with van der Waals surface area (Å²) >= 11 is 3.05. The number of benzene rings is 1. The fourth-order valence-electron chi connectivity index (χ4n) is 1.24. The van der Waals surface area contributed by atoms with Gasteiger partial charge in [-0.25, -0.2) is 4.39 Å². The van der Waals surface area contributed by atoms with Gasteiger partial charge in [-0.3, -0.25) is 4.79 Å². The van der Waals surface area contributed by atoms with Crippen LogP contribution in [-0.2, 0) is 6.54 Å². The highest BCUT2D eigenvalue weighted by atomic mass is 79.9. The molecule has 1 aliphatic heterocycles. The van der Waals surface area contributed by atoms with Gasteiger partial charge in [-0.15, -0.1) is 0 Å². The molecule has 1 heterocycles. The van der Waals surface area contributed by atoms with E-state index in [2.05, 4.69) is 21.2 Å². The molecule has 0 spiro atoms. The summed E-state index contributed by atoms with van der Waals surface area (Å²) in [6.07, 6.45) is 0. The van der Waals surface area contributed by atoms with Gasteiger partial charge in [0.05, 0.1) is 4.47 Å². The Morgan fingerprint density at radius 2 is 2.25 bits per heavy atom. The molecule has 0 fully saturated rings. The summed E-state index contributed by atoms with van der Waals surface area (Å²) in [6.45, 7) is 0.291. The molecule has 1 aliphatic rings. The summed E-state index contributed by atoms with van der Waals surface area (Å²) < 4.78 is 13.6. The van der Waals surface area contributed by atoms with Crippen molar-refractivity contribution in [2.75, 3.05) is 0 Å². The van der Waals surface area contributed by atoms with Crippen LogP contribution in [0, 0.1) is 5.82 Å². The van der Waals surface area contributed by atoms with E-state index in [0.717, 1.165) is 0 Å². The van der Waals surface area contributed by atoms with Gasteiger partial charge in [0.2, 0.25) is 0 Å². The van der Waals surface area contributed by atoms with Crippen LogP contribution in [0.25, 0.3) is 0 Å². The smallest absolute Gasteiger partial charge is 0.252 e. The largest absolute Gasteiger partial charge is 0.348 e. The van der Waals surface area contributed by atoms with Crippen molar-refractivity contribution in [2.24, 2.45) is 0 Å². The monoisotopic (exact) mass is 229 g/mol. The summed E-state index contributed by atoms with van der Waals surface area (Å²) in [5.74, 6) is -0.540. The molecule has 0 saturated carbocycles. The van der Waals surface area contributed by atoms with E-state index in [9.17, 15) is 9.18 Å². The number of fused-ring (bicyclic) bond motifs is 1. The minimum Gasteiger partial charge on any atom is -0.348 e. The molecule has 0 unspecified atom stereocenters. The molecule has 0 radical (unpaired) electrons. The zero-order valence-corrected chi connectivity index (χ0v) is 7.61. The Balaban J connectivity index is 2.68. The number of halogens is 2. The number of hydrogen-bond acceptors (Lipinski definition) is 1. The van der Waals surface area contributed by atoms with E-state index in [1.807, 2.05) is 0 Å². The van der Waals surface area contributed by atoms with Crippen LogP contribution in [-0.4, -0.2) is 5.91 Å². The van der Waals surface area contributed by atoms with Crippen LogP contribution in [0.4, 0.5) is 4.39 Å². The van der Waals surface area contributed by atoms with Crippen LogP contribution < -0.4 is 5.32 Å². The summed E-state index contributed by atoms with van der Waals surface area (Å²) in [6, 6.07) is 3.16. The highest BCUT2D eigenvalue weighted by Gasteiger charge is 2.22. The molecule has 1 N–H and O–H groups in total. The first kappa shape index (κ1) is 7.73. The normalized spacial score (nSPS) is 14.3. The van der Waals surface area contributed by atoms with Gasteiger partial charge in [-0.2, -0.15) is 0 Å². The van der Waals surface area contributed by atoms with Gasteiger partial charge in [0, 0.05) is 17.7 Å². The fourth-order valence-corrected chi connectivity index (χ4v) is 1.61. The molecule has 0 aliphatic carbocycles. The summed E-state index contributed by atoms with van der Waals surface area (Å²) in [5.41, 5.74) is 0.894. The number of hydrogen-bond donors (Lipinski definition) is 1. The second-order valence-electron chi connectivity index (χ2n) is 2.57. The van der Waals surface area contributed by atoms with Crippen molar-refractivity contribution < 1.29 is 9.18 Å². The standard InChI is InChI=1S/C8H5BrFNO/c9-6-2-1-4-5(7(6)10)3-11-8(4)12/h1-2H,3H2,(H,11,12). The van der Waals surface area contributed by atoms with Crippen LogP contribution >= 0.6 is 15.9 Å². The Labute approximate surface area is 76.9 Å². The van der Waals surface area contributed by atoms with Crippen molar-refractivity contribution in [1.29, 1.82) is 0 Å². The summed E-state index contributed by atoms with van der Waals surface area (Å²) in [4.78, 5) is 11.0. The van der Waals surface area contributed by atoms with Gasteiger partial charge in [0.15, 0.2) is 0 Å². The van der Waals surface area contributed by atoms with Crippen molar-refractivity contribution in [3.05, 3.63) is 33.5 Å². The molecule has 0 aromatic heterocycles. The van der Waals surface area contributed by atoms with E-state index in [1.54, 1.807) is 12.1 Å². The molecular formula is C8H5BrFNO. The lowest BCUT2D eigenvalue weighted by atomic mass is 10.1. The molecule has 4 heteroatoms.